The number of nitrogens with one attached hydrogen (secondary N) is 1. The molecule has 0 aliphatic heterocycles. The van der Waals surface area contributed by atoms with Gasteiger partial charge in [-0.1, -0.05) is 12.1 Å². The highest BCUT2D eigenvalue weighted by atomic mass is 16.5. The van der Waals surface area contributed by atoms with Gasteiger partial charge in [-0.3, -0.25) is 0 Å². The first-order chi connectivity index (χ1) is 9.66. The maximum atomic E-state index is 5.91. The van der Waals surface area contributed by atoms with Crippen LogP contribution in [0, 0.1) is 0 Å². The maximum Gasteiger partial charge on any atom is 0.169 e. The minimum absolute atomic E-state index is 0.296. The number of ether oxygens (including phenoxy) is 1. The summed E-state index contributed by atoms with van der Waals surface area (Å²) < 4.78 is 5.50. The van der Waals surface area contributed by atoms with E-state index in [2.05, 4.69) is 15.3 Å². The minimum Gasteiger partial charge on any atom is -0.381 e. The molecule has 0 aliphatic carbocycles. The average molecular weight is 274 g/mol. The van der Waals surface area contributed by atoms with Crippen LogP contribution in [0.15, 0.2) is 24.3 Å². The van der Waals surface area contributed by atoms with E-state index in [1.165, 1.54) is 0 Å². The van der Waals surface area contributed by atoms with Gasteiger partial charge in [0.2, 0.25) is 0 Å². The Morgan fingerprint density at radius 1 is 1.15 bits per heavy atom. The summed E-state index contributed by atoms with van der Waals surface area (Å²) in [5.41, 5.74) is 7.58. The molecule has 0 spiro atoms. The van der Waals surface area contributed by atoms with Gasteiger partial charge in [-0.15, -0.1) is 0 Å². The van der Waals surface area contributed by atoms with Crippen molar-refractivity contribution in [3.63, 3.8) is 0 Å². The summed E-state index contributed by atoms with van der Waals surface area (Å²) in [5.74, 6) is 1.11. The third-order valence-electron chi connectivity index (χ3n) is 2.91. The fourth-order valence-electron chi connectivity index (χ4n) is 1.90. The van der Waals surface area contributed by atoms with Gasteiger partial charge in [-0.05, 0) is 38.8 Å². The van der Waals surface area contributed by atoms with E-state index in [4.69, 9.17) is 10.5 Å². The van der Waals surface area contributed by atoms with E-state index in [0.29, 0.717) is 17.7 Å². The number of nitrogen functional groups attached to an aromatic ring is 1. The first kappa shape index (κ1) is 14.5. The van der Waals surface area contributed by atoms with Crippen molar-refractivity contribution in [2.24, 2.45) is 0 Å². The van der Waals surface area contributed by atoms with Crippen molar-refractivity contribution < 1.29 is 4.74 Å². The molecule has 20 heavy (non-hydrogen) atoms. The zero-order valence-corrected chi connectivity index (χ0v) is 12.1. The van der Waals surface area contributed by atoms with Crippen LogP contribution in [-0.4, -0.2) is 29.2 Å². The normalized spacial score (nSPS) is 11.2. The van der Waals surface area contributed by atoms with E-state index in [9.17, 15) is 0 Å². The molecule has 0 bridgehead atoms. The largest absolute Gasteiger partial charge is 0.381 e. The SMILES string of the molecule is CC(C)OCCCCNc1nc2ccccc2nc1N. The van der Waals surface area contributed by atoms with Crippen molar-refractivity contribution >= 4 is 22.7 Å². The van der Waals surface area contributed by atoms with E-state index in [1.54, 1.807) is 0 Å². The number of hydrogen-bond acceptors (Lipinski definition) is 5. The predicted molar refractivity (Wildman–Crippen MR) is 82.8 cm³/mol. The summed E-state index contributed by atoms with van der Waals surface area (Å²) in [6.07, 6.45) is 2.33. The van der Waals surface area contributed by atoms with Crippen molar-refractivity contribution in [3.05, 3.63) is 24.3 Å². The smallest absolute Gasteiger partial charge is 0.169 e. The molecule has 1 heterocycles. The highest BCUT2D eigenvalue weighted by Crippen LogP contribution is 2.18. The average Bonchev–Trinajstić information content (AvgIpc) is 2.42. The molecule has 3 N–H and O–H groups in total. The van der Waals surface area contributed by atoms with Crippen LogP contribution in [0.4, 0.5) is 11.6 Å². The molecule has 0 fully saturated rings. The van der Waals surface area contributed by atoms with Gasteiger partial charge in [0.05, 0.1) is 17.1 Å². The Bertz CT molecular complexity index is 557. The Morgan fingerprint density at radius 2 is 1.85 bits per heavy atom. The summed E-state index contributed by atoms with van der Waals surface area (Å²) in [5, 5.41) is 3.24. The summed E-state index contributed by atoms with van der Waals surface area (Å²) in [7, 11) is 0. The van der Waals surface area contributed by atoms with E-state index in [-0.39, 0.29) is 0 Å². The van der Waals surface area contributed by atoms with Gasteiger partial charge >= 0.3 is 0 Å². The molecule has 5 nitrogen and oxygen atoms in total. The maximum absolute atomic E-state index is 5.91. The number of hydrogen-bond donors (Lipinski definition) is 2. The Balaban J connectivity index is 1.85. The Labute approximate surface area is 119 Å². The Kier molecular flexibility index (Phi) is 5.12. The molecular weight excluding hydrogens is 252 g/mol. The molecule has 0 saturated carbocycles. The van der Waals surface area contributed by atoms with Gasteiger partial charge in [0.25, 0.3) is 0 Å². The van der Waals surface area contributed by atoms with Crippen LogP contribution in [0.2, 0.25) is 0 Å². The second kappa shape index (κ2) is 7.05. The van der Waals surface area contributed by atoms with E-state index < -0.39 is 0 Å². The number of rotatable bonds is 7. The van der Waals surface area contributed by atoms with Crippen LogP contribution in [0.1, 0.15) is 26.7 Å². The van der Waals surface area contributed by atoms with E-state index >= 15 is 0 Å². The number of nitrogens with two attached hydrogens (primary N) is 1. The predicted octanol–water partition coefficient (Wildman–Crippen LogP) is 2.83. The number of para-hydroxylation sites is 2. The lowest BCUT2D eigenvalue weighted by molar-refractivity contribution is 0.0765. The van der Waals surface area contributed by atoms with Gasteiger partial charge in [0, 0.05) is 13.2 Å². The summed E-state index contributed by atoms with van der Waals surface area (Å²) in [6, 6.07) is 7.72. The van der Waals surface area contributed by atoms with Crippen molar-refractivity contribution in [1.29, 1.82) is 0 Å². The molecule has 2 rings (SSSR count). The third kappa shape index (κ3) is 4.06. The van der Waals surface area contributed by atoms with Gasteiger partial charge in [-0.2, -0.15) is 0 Å². The standard InChI is InChI=1S/C15H22N4O/c1-11(2)20-10-6-5-9-17-15-14(16)18-12-7-3-4-8-13(12)19-15/h3-4,7-8,11H,5-6,9-10H2,1-2H3,(H2,16,18)(H,17,19). The first-order valence-corrected chi connectivity index (χ1v) is 7.04. The van der Waals surface area contributed by atoms with Crippen LogP contribution >= 0.6 is 0 Å². The van der Waals surface area contributed by atoms with E-state index in [0.717, 1.165) is 37.0 Å². The molecule has 0 radical (unpaired) electrons. The number of aromatic nitrogens is 2. The highest BCUT2D eigenvalue weighted by molar-refractivity contribution is 5.79. The van der Waals surface area contributed by atoms with Crippen molar-refractivity contribution in [2.45, 2.75) is 32.8 Å². The number of nitrogens with zero attached hydrogens (tertiary/aromatic N) is 2. The molecule has 0 unspecified atom stereocenters. The Hall–Kier alpha value is -1.88. The molecule has 0 atom stereocenters. The monoisotopic (exact) mass is 274 g/mol. The molecule has 1 aromatic carbocycles. The molecule has 0 amide bonds. The molecule has 0 aliphatic rings. The minimum atomic E-state index is 0.296. The zero-order chi connectivity index (χ0) is 14.4. The van der Waals surface area contributed by atoms with Gasteiger partial charge < -0.3 is 15.8 Å². The van der Waals surface area contributed by atoms with Gasteiger partial charge in [0.1, 0.15) is 0 Å². The fraction of sp³-hybridized carbons (Fsp3) is 0.467. The number of unbranched alkanes of at least 4 members (excludes halogenated alkanes) is 1. The van der Waals surface area contributed by atoms with Gasteiger partial charge in [-0.25, -0.2) is 9.97 Å². The highest BCUT2D eigenvalue weighted by Gasteiger charge is 2.04. The first-order valence-electron chi connectivity index (χ1n) is 7.04. The molecule has 5 heteroatoms. The van der Waals surface area contributed by atoms with Gasteiger partial charge in [0.15, 0.2) is 11.6 Å². The lowest BCUT2D eigenvalue weighted by atomic mass is 10.3. The topological polar surface area (TPSA) is 73.1 Å². The van der Waals surface area contributed by atoms with Crippen LogP contribution in [0.5, 0.6) is 0 Å². The molecule has 2 aromatic rings. The van der Waals surface area contributed by atoms with Crippen LogP contribution in [0.3, 0.4) is 0 Å². The van der Waals surface area contributed by atoms with Crippen LogP contribution in [0.25, 0.3) is 11.0 Å². The van der Waals surface area contributed by atoms with E-state index in [1.807, 2.05) is 38.1 Å². The lowest BCUT2D eigenvalue weighted by Gasteiger charge is -2.10. The fourth-order valence-corrected chi connectivity index (χ4v) is 1.90. The molecule has 0 saturated heterocycles. The number of benzene rings is 1. The number of anilines is 2. The van der Waals surface area contributed by atoms with Crippen LogP contribution < -0.4 is 11.1 Å². The van der Waals surface area contributed by atoms with Crippen molar-refractivity contribution in [3.8, 4) is 0 Å². The molecule has 1 aromatic heterocycles. The quantitative estimate of drug-likeness (QED) is 0.759. The van der Waals surface area contributed by atoms with Crippen molar-refractivity contribution in [1.82, 2.24) is 9.97 Å². The number of fused-ring (bicyclic) bond motifs is 1. The van der Waals surface area contributed by atoms with Crippen molar-refractivity contribution in [2.75, 3.05) is 24.2 Å². The third-order valence-corrected chi connectivity index (χ3v) is 2.91. The Morgan fingerprint density at radius 3 is 2.55 bits per heavy atom. The molecular formula is C15H22N4O. The lowest BCUT2D eigenvalue weighted by Crippen LogP contribution is -2.09. The summed E-state index contributed by atoms with van der Waals surface area (Å²) >= 11 is 0. The molecule has 108 valence electrons. The second-order valence-electron chi connectivity index (χ2n) is 5.00. The second-order valence-corrected chi connectivity index (χ2v) is 5.00. The summed E-state index contributed by atoms with van der Waals surface area (Å²) in [4.78, 5) is 8.83. The summed E-state index contributed by atoms with van der Waals surface area (Å²) in [6.45, 7) is 5.70. The van der Waals surface area contributed by atoms with Crippen LogP contribution in [-0.2, 0) is 4.74 Å². The zero-order valence-electron chi connectivity index (χ0n) is 12.1.